The largest absolute Gasteiger partial charge is 0.376 e. The maximum Gasteiger partial charge on any atom is 0.263 e. The molecule has 1 heterocycles. The lowest BCUT2D eigenvalue weighted by Gasteiger charge is -2.13. The lowest BCUT2D eigenvalue weighted by molar-refractivity contribution is 0.601. The first-order valence-corrected chi connectivity index (χ1v) is 10.8. The minimum atomic E-state index is -3.86. The van der Waals surface area contributed by atoms with Gasteiger partial charge < -0.3 is 10.2 Å². The van der Waals surface area contributed by atoms with Gasteiger partial charge >= 0.3 is 0 Å². The molecule has 152 valence electrons. The Morgan fingerprint density at radius 3 is 2.28 bits per heavy atom. The van der Waals surface area contributed by atoms with Crippen molar-refractivity contribution >= 4 is 56.1 Å². The molecule has 29 heavy (non-hydrogen) atoms. The topological polar surface area (TPSA) is 87.2 Å². The molecule has 0 unspecified atom stereocenters. The molecule has 0 bridgehead atoms. The first-order valence-electron chi connectivity index (χ1n) is 8.51. The Morgan fingerprint density at radius 2 is 1.62 bits per heavy atom. The van der Waals surface area contributed by atoms with Crippen LogP contribution in [0.1, 0.15) is 5.56 Å². The number of rotatable bonds is 6. The number of sulfonamides is 1. The van der Waals surface area contributed by atoms with E-state index in [1.807, 2.05) is 25.1 Å². The van der Waals surface area contributed by atoms with Crippen LogP contribution in [-0.2, 0) is 10.0 Å². The van der Waals surface area contributed by atoms with Crippen molar-refractivity contribution in [2.24, 2.45) is 0 Å². The van der Waals surface area contributed by atoms with Crippen LogP contribution in [0, 0.1) is 6.92 Å². The number of aryl methyl sites for hydroxylation is 1. The molecule has 0 spiro atoms. The summed E-state index contributed by atoms with van der Waals surface area (Å²) >= 11 is 12.1. The molecule has 0 aliphatic carbocycles. The molecule has 0 atom stereocenters. The second-order valence-electron chi connectivity index (χ2n) is 6.53. The SMILES string of the molecule is Cc1cc(S(=O)(=O)Nc2ccc(Nc3cc(N(C)C)cnn3)cc2)c(Cl)cc1Cl. The number of nitrogens with one attached hydrogen (secondary N) is 2. The van der Waals surface area contributed by atoms with Gasteiger partial charge in [0.05, 0.1) is 16.9 Å². The van der Waals surface area contributed by atoms with Crippen molar-refractivity contribution in [3.8, 4) is 0 Å². The molecule has 2 N–H and O–H groups in total. The summed E-state index contributed by atoms with van der Waals surface area (Å²) in [7, 11) is -0.0333. The summed E-state index contributed by atoms with van der Waals surface area (Å²) in [5.74, 6) is 0.577. The summed E-state index contributed by atoms with van der Waals surface area (Å²) in [6.07, 6.45) is 1.66. The van der Waals surface area contributed by atoms with E-state index in [2.05, 4.69) is 20.2 Å². The summed E-state index contributed by atoms with van der Waals surface area (Å²) in [4.78, 5) is 1.89. The molecule has 0 saturated heterocycles. The highest BCUT2D eigenvalue weighted by atomic mass is 35.5. The maximum atomic E-state index is 12.7. The second kappa shape index (κ2) is 8.44. The van der Waals surface area contributed by atoms with Gasteiger partial charge in [-0.05, 0) is 48.9 Å². The molecule has 7 nitrogen and oxygen atoms in total. The van der Waals surface area contributed by atoms with Crippen LogP contribution in [0.4, 0.5) is 22.9 Å². The standard InChI is InChI=1S/C19H19Cl2N5O2S/c1-12-8-18(17(21)10-16(12)20)29(27,28)25-14-6-4-13(5-7-14)23-19-9-15(26(2)3)11-22-24-19/h4-11,25H,1-3H3,(H,23,24). The summed E-state index contributed by atoms with van der Waals surface area (Å²) in [6.45, 7) is 1.71. The van der Waals surface area contributed by atoms with Crippen molar-refractivity contribution in [2.75, 3.05) is 29.0 Å². The highest BCUT2D eigenvalue weighted by molar-refractivity contribution is 7.92. The van der Waals surface area contributed by atoms with E-state index in [1.54, 1.807) is 37.4 Å². The van der Waals surface area contributed by atoms with Gasteiger partial charge in [0, 0.05) is 36.6 Å². The molecular weight excluding hydrogens is 433 g/mol. The number of aromatic nitrogens is 2. The third-order valence-electron chi connectivity index (χ3n) is 4.07. The number of halogens is 2. The predicted molar refractivity (Wildman–Crippen MR) is 118 cm³/mol. The highest BCUT2D eigenvalue weighted by Gasteiger charge is 2.19. The van der Waals surface area contributed by atoms with Crippen molar-refractivity contribution in [1.82, 2.24) is 10.2 Å². The number of anilines is 4. The van der Waals surface area contributed by atoms with Crippen LogP contribution < -0.4 is 14.9 Å². The van der Waals surface area contributed by atoms with E-state index in [0.717, 1.165) is 11.4 Å². The number of hydrogen-bond acceptors (Lipinski definition) is 6. The lowest BCUT2D eigenvalue weighted by Crippen LogP contribution is -2.13. The number of benzene rings is 2. The van der Waals surface area contributed by atoms with E-state index >= 15 is 0 Å². The van der Waals surface area contributed by atoms with Gasteiger partial charge in [0.15, 0.2) is 5.82 Å². The van der Waals surface area contributed by atoms with E-state index in [4.69, 9.17) is 23.2 Å². The van der Waals surface area contributed by atoms with Crippen LogP contribution in [0.2, 0.25) is 10.0 Å². The number of nitrogens with zero attached hydrogens (tertiary/aromatic N) is 3. The minimum absolute atomic E-state index is 0.0287. The van der Waals surface area contributed by atoms with Crippen molar-refractivity contribution in [2.45, 2.75) is 11.8 Å². The summed E-state index contributed by atoms with van der Waals surface area (Å²) in [5.41, 5.74) is 2.66. The van der Waals surface area contributed by atoms with E-state index < -0.39 is 10.0 Å². The van der Waals surface area contributed by atoms with Crippen molar-refractivity contribution < 1.29 is 8.42 Å². The van der Waals surface area contributed by atoms with Crippen LogP contribution in [-0.4, -0.2) is 32.7 Å². The van der Waals surface area contributed by atoms with Crippen molar-refractivity contribution in [3.05, 3.63) is 64.3 Å². The Balaban J connectivity index is 1.77. The molecule has 3 rings (SSSR count). The molecule has 0 saturated carbocycles. The Kier molecular flexibility index (Phi) is 6.16. The fourth-order valence-corrected chi connectivity index (χ4v) is 4.37. The van der Waals surface area contributed by atoms with Gasteiger partial charge in [-0.25, -0.2) is 8.42 Å². The molecule has 2 aromatic carbocycles. The quantitative estimate of drug-likeness (QED) is 0.564. The fraction of sp³-hybridized carbons (Fsp3) is 0.158. The highest BCUT2D eigenvalue weighted by Crippen LogP contribution is 2.30. The van der Waals surface area contributed by atoms with Gasteiger partial charge in [-0.2, -0.15) is 5.10 Å². The summed E-state index contributed by atoms with van der Waals surface area (Å²) < 4.78 is 27.9. The smallest absolute Gasteiger partial charge is 0.263 e. The zero-order valence-corrected chi connectivity index (χ0v) is 18.3. The van der Waals surface area contributed by atoms with Gasteiger partial charge in [0.2, 0.25) is 0 Å². The van der Waals surface area contributed by atoms with Crippen molar-refractivity contribution in [1.29, 1.82) is 0 Å². The third kappa shape index (κ3) is 5.09. The Bertz CT molecular complexity index is 1140. The van der Waals surface area contributed by atoms with Crippen LogP contribution in [0.5, 0.6) is 0 Å². The molecular formula is C19H19Cl2N5O2S. The molecule has 3 aromatic rings. The number of hydrogen-bond donors (Lipinski definition) is 2. The second-order valence-corrected chi connectivity index (χ2v) is 9.00. The minimum Gasteiger partial charge on any atom is -0.376 e. The summed E-state index contributed by atoms with van der Waals surface area (Å²) in [6, 6.07) is 11.5. The van der Waals surface area contributed by atoms with Crippen molar-refractivity contribution in [3.63, 3.8) is 0 Å². The van der Waals surface area contributed by atoms with E-state index in [-0.39, 0.29) is 9.92 Å². The third-order valence-corrected chi connectivity index (χ3v) is 6.32. The van der Waals surface area contributed by atoms with Crippen LogP contribution in [0.15, 0.2) is 53.6 Å². The molecule has 10 heteroatoms. The van der Waals surface area contributed by atoms with Crippen LogP contribution in [0.25, 0.3) is 0 Å². The molecule has 0 fully saturated rings. The summed E-state index contributed by atoms with van der Waals surface area (Å²) in [5, 5.41) is 11.6. The fourth-order valence-electron chi connectivity index (χ4n) is 2.48. The molecule has 0 aliphatic heterocycles. The first-order chi connectivity index (χ1) is 13.7. The normalized spacial score (nSPS) is 11.2. The van der Waals surface area contributed by atoms with Gasteiger partial charge in [-0.1, -0.05) is 23.2 Å². The van der Waals surface area contributed by atoms with E-state index in [9.17, 15) is 8.42 Å². The van der Waals surface area contributed by atoms with E-state index in [0.29, 0.717) is 22.1 Å². The average Bonchev–Trinajstić information content (AvgIpc) is 2.66. The maximum absolute atomic E-state index is 12.7. The Hall–Kier alpha value is -2.55. The molecule has 0 radical (unpaired) electrons. The molecule has 0 amide bonds. The van der Waals surface area contributed by atoms with Gasteiger partial charge in [-0.3, -0.25) is 4.72 Å². The molecule has 1 aromatic heterocycles. The zero-order chi connectivity index (χ0) is 21.2. The van der Waals surface area contributed by atoms with Gasteiger partial charge in [0.1, 0.15) is 4.90 Å². The van der Waals surface area contributed by atoms with E-state index in [1.165, 1.54) is 12.1 Å². The zero-order valence-electron chi connectivity index (χ0n) is 15.9. The average molecular weight is 452 g/mol. The lowest BCUT2D eigenvalue weighted by atomic mass is 10.2. The molecule has 0 aliphatic rings. The first kappa shape index (κ1) is 21.2. The Morgan fingerprint density at radius 1 is 0.966 bits per heavy atom. The van der Waals surface area contributed by atoms with Crippen LogP contribution >= 0.6 is 23.2 Å². The predicted octanol–water partition coefficient (Wildman–Crippen LogP) is 4.70. The monoisotopic (exact) mass is 451 g/mol. The van der Waals surface area contributed by atoms with Gasteiger partial charge in [0.25, 0.3) is 10.0 Å². The van der Waals surface area contributed by atoms with Crippen LogP contribution in [0.3, 0.4) is 0 Å². The van der Waals surface area contributed by atoms with Gasteiger partial charge in [-0.15, -0.1) is 5.10 Å². The Labute approximate surface area is 179 Å².